The van der Waals surface area contributed by atoms with Crippen LogP contribution in [0, 0.1) is 13.8 Å². The van der Waals surface area contributed by atoms with Crippen molar-refractivity contribution in [3.8, 4) is 0 Å². The third-order valence-corrected chi connectivity index (χ3v) is 4.81. The number of carbonyl (C=O) groups is 2. The number of rotatable bonds is 6. The van der Waals surface area contributed by atoms with Gasteiger partial charge in [0.25, 0.3) is 5.91 Å². The number of pyridine rings is 1. The maximum Gasteiger partial charge on any atom is 0.251 e. The molecule has 0 bridgehead atoms. The third-order valence-electron chi connectivity index (χ3n) is 4.81. The second-order valence-electron chi connectivity index (χ2n) is 6.88. The van der Waals surface area contributed by atoms with Crippen LogP contribution in [-0.2, 0) is 16.1 Å². The number of benzene rings is 1. The molecule has 0 atom stereocenters. The molecule has 0 saturated carbocycles. The molecule has 28 heavy (non-hydrogen) atoms. The molecule has 1 aliphatic rings. The highest BCUT2D eigenvalue weighted by Gasteiger charge is 2.13. The molecule has 2 N–H and O–H groups in total. The monoisotopic (exact) mass is 382 g/mol. The zero-order chi connectivity index (χ0) is 19.9. The summed E-state index contributed by atoms with van der Waals surface area (Å²) in [6, 6.07) is 9.34. The second kappa shape index (κ2) is 9.32. The zero-order valence-corrected chi connectivity index (χ0v) is 16.3. The van der Waals surface area contributed by atoms with Gasteiger partial charge in [0.15, 0.2) is 0 Å². The van der Waals surface area contributed by atoms with Gasteiger partial charge < -0.3 is 20.3 Å². The van der Waals surface area contributed by atoms with Gasteiger partial charge in [-0.25, -0.2) is 4.98 Å². The quantitative estimate of drug-likeness (QED) is 0.793. The van der Waals surface area contributed by atoms with Gasteiger partial charge in [-0.15, -0.1) is 0 Å². The number of nitrogens with zero attached hydrogens (tertiary/aromatic N) is 2. The largest absolute Gasteiger partial charge is 0.378 e. The van der Waals surface area contributed by atoms with E-state index in [1.807, 2.05) is 38.1 Å². The molecule has 1 saturated heterocycles. The van der Waals surface area contributed by atoms with E-state index in [0.29, 0.717) is 25.3 Å². The van der Waals surface area contributed by atoms with E-state index in [1.165, 1.54) is 0 Å². The molecule has 1 aromatic carbocycles. The molecular weight excluding hydrogens is 356 g/mol. The van der Waals surface area contributed by atoms with Crippen molar-refractivity contribution in [2.75, 3.05) is 37.7 Å². The van der Waals surface area contributed by atoms with E-state index in [4.69, 9.17) is 4.74 Å². The average Bonchev–Trinajstić information content (AvgIpc) is 2.73. The van der Waals surface area contributed by atoms with Crippen LogP contribution in [0.15, 0.2) is 36.5 Å². The van der Waals surface area contributed by atoms with Gasteiger partial charge in [0.1, 0.15) is 5.82 Å². The summed E-state index contributed by atoms with van der Waals surface area (Å²) in [6.07, 6.45) is 1.74. The smallest absolute Gasteiger partial charge is 0.251 e. The van der Waals surface area contributed by atoms with Crippen molar-refractivity contribution in [2.45, 2.75) is 20.4 Å². The minimum absolute atomic E-state index is 0.0623. The Hall–Kier alpha value is -2.93. The molecule has 2 heterocycles. The van der Waals surface area contributed by atoms with E-state index < -0.39 is 0 Å². The molecule has 148 valence electrons. The van der Waals surface area contributed by atoms with E-state index in [-0.39, 0.29) is 18.4 Å². The number of amides is 2. The Kier molecular flexibility index (Phi) is 6.60. The number of carbonyl (C=O) groups excluding carboxylic acids is 2. The number of nitrogens with one attached hydrogen (secondary N) is 2. The fraction of sp³-hybridized carbons (Fsp3) is 0.381. The Morgan fingerprint density at radius 2 is 1.86 bits per heavy atom. The lowest BCUT2D eigenvalue weighted by molar-refractivity contribution is -0.120. The third kappa shape index (κ3) is 5.29. The average molecular weight is 382 g/mol. The summed E-state index contributed by atoms with van der Waals surface area (Å²) >= 11 is 0. The number of hydrogen-bond donors (Lipinski definition) is 2. The molecule has 7 heteroatoms. The predicted octanol–water partition coefficient (Wildman–Crippen LogP) is 1.58. The van der Waals surface area contributed by atoms with Crippen LogP contribution in [-0.4, -0.2) is 49.6 Å². The molecule has 3 rings (SSSR count). The van der Waals surface area contributed by atoms with Crippen LogP contribution in [0.4, 0.5) is 5.82 Å². The number of anilines is 1. The standard InChI is InChI=1S/C21H26N4O3/c1-15-3-4-18(11-16(15)2)21(27)24-14-20(26)23-13-17-5-6-22-19(12-17)25-7-9-28-10-8-25/h3-6,11-12H,7-10,13-14H2,1-2H3,(H,23,26)(H,24,27). The summed E-state index contributed by atoms with van der Waals surface area (Å²) in [6.45, 7) is 7.30. The Balaban J connectivity index is 1.47. The second-order valence-corrected chi connectivity index (χ2v) is 6.88. The van der Waals surface area contributed by atoms with E-state index in [0.717, 1.165) is 35.6 Å². The highest BCUT2D eigenvalue weighted by atomic mass is 16.5. The van der Waals surface area contributed by atoms with E-state index >= 15 is 0 Å². The maximum absolute atomic E-state index is 12.2. The van der Waals surface area contributed by atoms with Gasteiger partial charge >= 0.3 is 0 Å². The van der Waals surface area contributed by atoms with Crippen LogP contribution in [0.1, 0.15) is 27.0 Å². The van der Waals surface area contributed by atoms with Crippen molar-refractivity contribution in [1.29, 1.82) is 0 Å². The number of hydrogen-bond acceptors (Lipinski definition) is 5. The lowest BCUT2D eigenvalue weighted by Gasteiger charge is -2.28. The van der Waals surface area contributed by atoms with Crippen LogP contribution in [0.5, 0.6) is 0 Å². The summed E-state index contributed by atoms with van der Waals surface area (Å²) in [5, 5.41) is 5.49. The SMILES string of the molecule is Cc1ccc(C(=O)NCC(=O)NCc2ccnc(N3CCOCC3)c2)cc1C. The molecule has 1 aromatic heterocycles. The van der Waals surface area contributed by atoms with Crippen molar-refractivity contribution >= 4 is 17.6 Å². The summed E-state index contributed by atoms with van der Waals surface area (Å²) in [5.74, 6) is 0.400. The maximum atomic E-state index is 12.2. The number of aryl methyl sites for hydroxylation is 2. The van der Waals surface area contributed by atoms with E-state index in [2.05, 4.69) is 20.5 Å². The van der Waals surface area contributed by atoms with Crippen LogP contribution in [0.2, 0.25) is 0 Å². The molecule has 7 nitrogen and oxygen atoms in total. The fourth-order valence-electron chi connectivity index (χ4n) is 2.94. The highest BCUT2D eigenvalue weighted by molar-refractivity contribution is 5.96. The first-order chi connectivity index (χ1) is 13.5. The summed E-state index contributed by atoms with van der Waals surface area (Å²) < 4.78 is 5.36. The molecular formula is C21H26N4O3. The van der Waals surface area contributed by atoms with Crippen LogP contribution in [0.25, 0.3) is 0 Å². The normalized spacial score (nSPS) is 13.9. The fourth-order valence-corrected chi connectivity index (χ4v) is 2.94. The molecule has 0 aliphatic carbocycles. The molecule has 0 spiro atoms. The van der Waals surface area contributed by atoms with Crippen molar-refractivity contribution in [1.82, 2.24) is 15.6 Å². The summed E-state index contributed by atoms with van der Waals surface area (Å²) in [7, 11) is 0. The number of ether oxygens (including phenoxy) is 1. The summed E-state index contributed by atoms with van der Waals surface area (Å²) in [4.78, 5) is 30.8. The Bertz CT molecular complexity index is 847. The predicted molar refractivity (Wildman–Crippen MR) is 107 cm³/mol. The molecule has 2 amide bonds. The first-order valence-corrected chi connectivity index (χ1v) is 9.43. The Morgan fingerprint density at radius 1 is 1.07 bits per heavy atom. The minimum Gasteiger partial charge on any atom is -0.378 e. The van der Waals surface area contributed by atoms with Gasteiger partial charge in [-0.1, -0.05) is 6.07 Å². The van der Waals surface area contributed by atoms with Crippen molar-refractivity contribution < 1.29 is 14.3 Å². The van der Waals surface area contributed by atoms with Crippen LogP contribution >= 0.6 is 0 Å². The molecule has 1 fully saturated rings. The van der Waals surface area contributed by atoms with Crippen molar-refractivity contribution in [2.24, 2.45) is 0 Å². The molecule has 2 aromatic rings. The minimum atomic E-state index is -0.253. The van der Waals surface area contributed by atoms with Gasteiger partial charge in [-0.2, -0.15) is 0 Å². The highest BCUT2D eigenvalue weighted by Crippen LogP contribution is 2.14. The molecule has 1 aliphatic heterocycles. The number of morpholine rings is 1. The van der Waals surface area contributed by atoms with Gasteiger partial charge in [0, 0.05) is 31.4 Å². The van der Waals surface area contributed by atoms with Gasteiger partial charge in [-0.3, -0.25) is 9.59 Å². The molecule has 0 radical (unpaired) electrons. The zero-order valence-electron chi connectivity index (χ0n) is 16.3. The lowest BCUT2D eigenvalue weighted by atomic mass is 10.1. The van der Waals surface area contributed by atoms with Gasteiger partial charge in [0.2, 0.25) is 5.91 Å². The summed E-state index contributed by atoms with van der Waals surface area (Å²) in [5.41, 5.74) is 3.69. The lowest BCUT2D eigenvalue weighted by Crippen LogP contribution is -2.37. The van der Waals surface area contributed by atoms with Gasteiger partial charge in [0.05, 0.1) is 19.8 Å². The van der Waals surface area contributed by atoms with Crippen LogP contribution < -0.4 is 15.5 Å². The van der Waals surface area contributed by atoms with Gasteiger partial charge in [-0.05, 0) is 54.8 Å². The molecule has 0 unspecified atom stereocenters. The topological polar surface area (TPSA) is 83.6 Å². The van der Waals surface area contributed by atoms with Crippen molar-refractivity contribution in [3.05, 3.63) is 58.8 Å². The Labute approximate surface area is 165 Å². The van der Waals surface area contributed by atoms with E-state index in [1.54, 1.807) is 12.3 Å². The van der Waals surface area contributed by atoms with E-state index in [9.17, 15) is 9.59 Å². The first-order valence-electron chi connectivity index (χ1n) is 9.43. The first kappa shape index (κ1) is 19.8. The van der Waals surface area contributed by atoms with Crippen LogP contribution in [0.3, 0.4) is 0 Å². The van der Waals surface area contributed by atoms with Crippen molar-refractivity contribution in [3.63, 3.8) is 0 Å². The number of aromatic nitrogens is 1. The Morgan fingerprint density at radius 3 is 2.61 bits per heavy atom.